The Hall–Kier alpha value is -1.18. The van der Waals surface area contributed by atoms with Gasteiger partial charge >= 0.3 is 0 Å². The lowest BCUT2D eigenvalue weighted by molar-refractivity contribution is 0.198. The Labute approximate surface area is 175 Å². The molecule has 5 nitrogen and oxygen atoms in total. The summed E-state index contributed by atoms with van der Waals surface area (Å²) in [5, 5.41) is 6.82. The normalized spacial score (nSPS) is 16.2. The van der Waals surface area contributed by atoms with E-state index in [0.29, 0.717) is 24.6 Å². The first-order valence-electron chi connectivity index (χ1n) is 9.34. The summed E-state index contributed by atoms with van der Waals surface area (Å²) in [7, 11) is 3.49. The molecule has 1 aliphatic rings. The fourth-order valence-corrected chi connectivity index (χ4v) is 2.92. The van der Waals surface area contributed by atoms with Gasteiger partial charge in [-0.2, -0.15) is 0 Å². The molecule has 1 unspecified atom stereocenters. The number of para-hydroxylation sites is 1. The molecule has 0 heterocycles. The van der Waals surface area contributed by atoms with Crippen molar-refractivity contribution in [2.45, 2.75) is 65.1 Å². The molecular weight excluding hydrogens is 441 g/mol. The highest BCUT2D eigenvalue weighted by atomic mass is 127. The Morgan fingerprint density at radius 1 is 1.23 bits per heavy atom. The van der Waals surface area contributed by atoms with Crippen molar-refractivity contribution in [1.29, 1.82) is 0 Å². The third-order valence-electron chi connectivity index (χ3n) is 4.90. The summed E-state index contributed by atoms with van der Waals surface area (Å²) in [5.41, 5.74) is 1.09. The molecule has 1 atom stereocenters. The number of ether oxygens (including phenoxy) is 2. The lowest BCUT2D eigenvalue weighted by Gasteiger charge is -2.22. The minimum absolute atomic E-state index is 0. The molecule has 0 bridgehead atoms. The van der Waals surface area contributed by atoms with Crippen LogP contribution in [-0.2, 0) is 6.54 Å². The molecular formula is C20H34IN3O2. The van der Waals surface area contributed by atoms with E-state index in [-0.39, 0.29) is 24.0 Å². The first-order valence-corrected chi connectivity index (χ1v) is 9.34. The van der Waals surface area contributed by atoms with Gasteiger partial charge in [-0.25, -0.2) is 0 Å². The van der Waals surface area contributed by atoms with E-state index in [1.165, 1.54) is 12.8 Å². The molecule has 1 aromatic rings. The molecule has 148 valence electrons. The minimum atomic E-state index is 0. The zero-order valence-electron chi connectivity index (χ0n) is 16.7. The highest BCUT2D eigenvalue weighted by Gasteiger charge is 2.20. The number of methoxy groups -OCH3 is 1. The maximum absolute atomic E-state index is 6.29. The first-order chi connectivity index (χ1) is 12.0. The molecule has 0 amide bonds. The number of hydrogen-bond acceptors (Lipinski definition) is 3. The Kier molecular flexibility index (Phi) is 10.1. The zero-order chi connectivity index (χ0) is 18.2. The highest BCUT2D eigenvalue weighted by molar-refractivity contribution is 14.0. The summed E-state index contributed by atoms with van der Waals surface area (Å²) >= 11 is 0. The Morgan fingerprint density at radius 2 is 1.92 bits per heavy atom. The second-order valence-corrected chi connectivity index (χ2v) is 7.08. The molecule has 0 saturated heterocycles. The molecule has 1 saturated carbocycles. The molecule has 0 aromatic heterocycles. The molecule has 0 radical (unpaired) electrons. The van der Waals surface area contributed by atoms with Crippen LogP contribution < -0.4 is 20.1 Å². The van der Waals surface area contributed by atoms with Crippen LogP contribution in [0.1, 0.15) is 52.0 Å². The molecule has 1 aliphatic carbocycles. The lowest BCUT2D eigenvalue weighted by Crippen LogP contribution is -2.43. The van der Waals surface area contributed by atoms with Crippen LogP contribution in [0, 0.1) is 5.92 Å². The molecule has 1 fully saturated rings. The maximum Gasteiger partial charge on any atom is 0.191 e. The third-order valence-corrected chi connectivity index (χ3v) is 4.90. The van der Waals surface area contributed by atoms with E-state index in [9.17, 15) is 0 Å². The van der Waals surface area contributed by atoms with Crippen LogP contribution in [0.3, 0.4) is 0 Å². The van der Waals surface area contributed by atoms with E-state index in [2.05, 4.69) is 42.5 Å². The van der Waals surface area contributed by atoms with Gasteiger partial charge in [0.25, 0.3) is 0 Å². The highest BCUT2D eigenvalue weighted by Crippen LogP contribution is 2.34. The number of nitrogens with zero attached hydrogens (tertiary/aromatic N) is 1. The van der Waals surface area contributed by atoms with Crippen LogP contribution in [-0.4, -0.2) is 32.3 Å². The summed E-state index contributed by atoms with van der Waals surface area (Å²) in [4.78, 5) is 4.32. The number of hydrogen-bond donors (Lipinski definition) is 2. The summed E-state index contributed by atoms with van der Waals surface area (Å²) in [5.74, 6) is 2.99. The Bertz CT molecular complexity index is 572. The number of halogens is 1. The second-order valence-electron chi connectivity index (χ2n) is 7.08. The Balaban J connectivity index is 0.00000338. The number of guanidine groups is 1. The average Bonchev–Trinajstić information content (AvgIpc) is 3.12. The largest absolute Gasteiger partial charge is 0.493 e. The molecule has 2 N–H and O–H groups in total. The summed E-state index contributed by atoms with van der Waals surface area (Å²) < 4.78 is 11.8. The topological polar surface area (TPSA) is 54.9 Å². The van der Waals surface area contributed by atoms with E-state index in [0.717, 1.165) is 35.9 Å². The minimum Gasteiger partial charge on any atom is -0.493 e. The van der Waals surface area contributed by atoms with Crippen molar-refractivity contribution >= 4 is 29.9 Å². The van der Waals surface area contributed by atoms with E-state index < -0.39 is 0 Å². The van der Waals surface area contributed by atoms with Crippen LogP contribution in [0.15, 0.2) is 23.2 Å². The molecule has 6 heteroatoms. The molecule has 2 rings (SSSR count). The zero-order valence-corrected chi connectivity index (χ0v) is 19.0. The van der Waals surface area contributed by atoms with Gasteiger partial charge in [0.2, 0.25) is 0 Å². The third kappa shape index (κ3) is 6.52. The van der Waals surface area contributed by atoms with Crippen LogP contribution in [0.25, 0.3) is 0 Å². The van der Waals surface area contributed by atoms with Crippen LogP contribution in [0.5, 0.6) is 11.5 Å². The summed E-state index contributed by atoms with van der Waals surface area (Å²) in [6.45, 7) is 7.20. The van der Waals surface area contributed by atoms with Gasteiger partial charge in [0, 0.05) is 25.2 Å². The van der Waals surface area contributed by atoms with Crippen molar-refractivity contribution in [3.63, 3.8) is 0 Å². The van der Waals surface area contributed by atoms with E-state index in [4.69, 9.17) is 9.47 Å². The van der Waals surface area contributed by atoms with Crippen LogP contribution >= 0.6 is 24.0 Å². The predicted octanol–water partition coefficient (Wildman–Crippen LogP) is 4.34. The predicted molar refractivity (Wildman–Crippen MR) is 119 cm³/mol. The Morgan fingerprint density at radius 3 is 2.50 bits per heavy atom. The van der Waals surface area contributed by atoms with Gasteiger partial charge in [-0.3, -0.25) is 4.99 Å². The van der Waals surface area contributed by atoms with Gasteiger partial charge in [0.15, 0.2) is 17.5 Å². The van der Waals surface area contributed by atoms with Gasteiger partial charge in [0.1, 0.15) is 0 Å². The van der Waals surface area contributed by atoms with Gasteiger partial charge in [-0.15, -0.1) is 24.0 Å². The fraction of sp³-hybridized carbons (Fsp3) is 0.650. The standard InChI is InChI=1S/C20H33N3O2.HI/c1-14(2)15(3)23-20(21-4)22-13-16-9-8-12-18(24-5)19(16)25-17-10-6-7-11-17;/h8-9,12,14-15,17H,6-7,10-11,13H2,1-5H3,(H2,21,22,23);1H. The molecule has 0 spiro atoms. The van der Waals surface area contributed by atoms with Crippen LogP contribution in [0.2, 0.25) is 0 Å². The van der Waals surface area contributed by atoms with Gasteiger partial charge in [0.05, 0.1) is 13.2 Å². The number of nitrogens with one attached hydrogen (secondary N) is 2. The van der Waals surface area contributed by atoms with Crippen molar-refractivity contribution in [1.82, 2.24) is 10.6 Å². The van der Waals surface area contributed by atoms with E-state index in [1.54, 1.807) is 14.2 Å². The van der Waals surface area contributed by atoms with Crippen molar-refractivity contribution in [3.8, 4) is 11.5 Å². The van der Waals surface area contributed by atoms with Crippen molar-refractivity contribution in [2.75, 3.05) is 14.2 Å². The van der Waals surface area contributed by atoms with Gasteiger partial charge < -0.3 is 20.1 Å². The molecule has 26 heavy (non-hydrogen) atoms. The lowest BCUT2D eigenvalue weighted by atomic mass is 10.1. The summed E-state index contributed by atoms with van der Waals surface area (Å²) in [6.07, 6.45) is 5.04. The molecule has 0 aliphatic heterocycles. The monoisotopic (exact) mass is 475 g/mol. The van der Waals surface area contributed by atoms with E-state index in [1.807, 2.05) is 12.1 Å². The summed E-state index contributed by atoms with van der Waals surface area (Å²) in [6, 6.07) is 6.40. The number of benzene rings is 1. The maximum atomic E-state index is 6.29. The fourth-order valence-electron chi connectivity index (χ4n) is 2.92. The van der Waals surface area contributed by atoms with Gasteiger partial charge in [-0.05, 0) is 44.6 Å². The van der Waals surface area contributed by atoms with E-state index >= 15 is 0 Å². The number of rotatable bonds is 7. The second kappa shape index (κ2) is 11.5. The average molecular weight is 475 g/mol. The smallest absolute Gasteiger partial charge is 0.191 e. The number of aliphatic imine (C=N–C) groups is 1. The van der Waals surface area contributed by atoms with Gasteiger partial charge in [-0.1, -0.05) is 26.0 Å². The SMILES string of the molecule is CN=C(NCc1cccc(OC)c1OC1CCCC1)NC(C)C(C)C.I. The van der Waals surface area contributed by atoms with Crippen molar-refractivity contribution in [3.05, 3.63) is 23.8 Å². The van der Waals surface area contributed by atoms with Crippen LogP contribution in [0.4, 0.5) is 0 Å². The quantitative estimate of drug-likeness (QED) is 0.350. The van der Waals surface area contributed by atoms with Crippen molar-refractivity contribution < 1.29 is 9.47 Å². The van der Waals surface area contributed by atoms with Crippen molar-refractivity contribution in [2.24, 2.45) is 10.9 Å². The first kappa shape index (κ1) is 22.9. The molecule has 1 aromatic carbocycles.